The summed E-state index contributed by atoms with van der Waals surface area (Å²) in [6, 6.07) is 10.7. The van der Waals surface area contributed by atoms with Crippen LogP contribution < -0.4 is 10.6 Å². The van der Waals surface area contributed by atoms with Crippen molar-refractivity contribution in [2.75, 3.05) is 17.2 Å². The van der Waals surface area contributed by atoms with Gasteiger partial charge >= 0.3 is 0 Å². The molecule has 1 atom stereocenters. The van der Waals surface area contributed by atoms with Crippen molar-refractivity contribution in [1.82, 2.24) is 4.98 Å². The maximum atomic E-state index is 4.51. The number of pyridine rings is 1. The fourth-order valence-electron chi connectivity index (χ4n) is 1.83. The smallest absolute Gasteiger partial charge is 0.128 e. The predicted octanol–water partition coefficient (Wildman–Crippen LogP) is 3.62. The molecule has 2 heterocycles. The summed E-state index contributed by atoms with van der Waals surface area (Å²) >= 11 is 1.80. The third kappa shape index (κ3) is 3.74. The number of hydrogen-bond donors (Lipinski definition) is 2. The molecule has 1 unspecified atom stereocenters. The van der Waals surface area contributed by atoms with Crippen LogP contribution in [0.5, 0.6) is 0 Å². The van der Waals surface area contributed by atoms with E-state index in [1.807, 2.05) is 18.2 Å². The number of anilines is 2. The first-order valence-corrected chi connectivity index (χ1v) is 7.15. The Kier molecular flexibility index (Phi) is 4.59. The molecule has 3 nitrogen and oxygen atoms in total. The number of nitrogens with one attached hydrogen (secondary N) is 2. The first kappa shape index (κ1) is 12.9. The molecule has 0 spiro atoms. The van der Waals surface area contributed by atoms with Crippen LogP contribution in [-0.4, -0.2) is 17.6 Å². The summed E-state index contributed by atoms with van der Waals surface area (Å²) in [5.41, 5.74) is 0. The van der Waals surface area contributed by atoms with Gasteiger partial charge in [0.1, 0.15) is 11.6 Å². The molecule has 2 N–H and O–H groups in total. The van der Waals surface area contributed by atoms with Gasteiger partial charge in [-0.15, -0.1) is 11.3 Å². The van der Waals surface area contributed by atoms with Crippen molar-refractivity contribution in [1.29, 1.82) is 0 Å². The minimum absolute atomic E-state index is 0.382. The molecule has 0 aliphatic carbocycles. The van der Waals surface area contributed by atoms with Gasteiger partial charge in [-0.05, 0) is 37.4 Å². The normalized spacial score (nSPS) is 12.1. The van der Waals surface area contributed by atoms with Gasteiger partial charge in [0.2, 0.25) is 0 Å². The van der Waals surface area contributed by atoms with Gasteiger partial charge in [0, 0.05) is 23.9 Å². The highest BCUT2D eigenvalue weighted by molar-refractivity contribution is 7.09. The average molecular weight is 261 g/mol. The van der Waals surface area contributed by atoms with Crippen molar-refractivity contribution in [2.45, 2.75) is 26.3 Å². The van der Waals surface area contributed by atoms with Gasteiger partial charge in [-0.1, -0.05) is 12.1 Å². The number of aromatic nitrogens is 1. The molecule has 0 fully saturated rings. The first-order valence-electron chi connectivity index (χ1n) is 6.27. The summed E-state index contributed by atoms with van der Waals surface area (Å²) in [5, 5.41) is 8.77. The Labute approximate surface area is 112 Å². The third-order valence-electron chi connectivity index (χ3n) is 2.59. The fraction of sp³-hybridized carbons (Fsp3) is 0.357. The molecule has 0 aromatic carbocycles. The van der Waals surface area contributed by atoms with Crippen LogP contribution >= 0.6 is 11.3 Å². The summed E-state index contributed by atoms with van der Waals surface area (Å²) in [7, 11) is 0. The third-order valence-corrected chi connectivity index (χ3v) is 3.49. The topological polar surface area (TPSA) is 37.0 Å². The summed E-state index contributed by atoms with van der Waals surface area (Å²) in [5.74, 6) is 1.85. The Hall–Kier alpha value is -1.55. The predicted molar refractivity (Wildman–Crippen MR) is 79.5 cm³/mol. The quantitative estimate of drug-likeness (QED) is 0.834. The minimum atomic E-state index is 0.382. The molecule has 18 heavy (non-hydrogen) atoms. The van der Waals surface area contributed by atoms with E-state index in [1.54, 1.807) is 11.3 Å². The zero-order chi connectivity index (χ0) is 12.8. The Morgan fingerprint density at radius 1 is 1.22 bits per heavy atom. The molecule has 2 aromatic heterocycles. The molecule has 0 bridgehead atoms. The van der Waals surface area contributed by atoms with Crippen molar-refractivity contribution < 1.29 is 0 Å². The van der Waals surface area contributed by atoms with E-state index in [0.29, 0.717) is 6.04 Å². The van der Waals surface area contributed by atoms with Crippen LogP contribution in [0.2, 0.25) is 0 Å². The second-order valence-electron chi connectivity index (χ2n) is 4.27. The van der Waals surface area contributed by atoms with E-state index in [4.69, 9.17) is 0 Å². The first-order chi connectivity index (χ1) is 8.78. The molecular weight excluding hydrogens is 242 g/mol. The highest BCUT2D eigenvalue weighted by Gasteiger charge is 2.05. The van der Waals surface area contributed by atoms with Crippen LogP contribution in [0.4, 0.5) is 11.6 Å². The Balaban J connectivity index is 1.93. The lowest BCUT2D eigenvalue weighted by Crippen LogP contribution is -2.18. The molecule has 0 saturated heterocycles. The molecule has 0 saturated carbocycles. The Bertz CT molecular complexity index is 468. The summed E-state index contributed by atoms with van der Waals surface area (Å²) in [6.07, 6.45) is 1.03. The SMILES string of the molecule is CCNc1cccc(NC(C)Cc2cccs2)n1. The van der Waals surface area contributed by atoms with Gasteiger partial charge in [-0.2, -0.15) is 0 Å². The fourth-order valence-corrected chi connectivity index (χ4v) is 2.66. The van der Waals surface area contributed by atoms with Gasteiger partial charge in [0.05, 0.1) is 0 Å². The maximum Gasteiger partial charge on any atom is 0.128 e. The van der Waals surface area contributed by atoms with Crippen LogP contribution in [0, 0.1) is 0 Å². The molecule has 4 heteroatoms. The van der Waals surface area contributed by atoms with E-state index in [2.05, 4.69) is 47.0 Å². The highest BCUT2D eigenvalue weighted by atomic mass is 32.1. The number of rotatable bonds is 6. The van der Waals surface area contributed by atoms with Gasteiger partial charge < -0.3 is 10.6 Å². The highest BCUT2D eigenvalue weighted by Crippen LogP contribution is 2.15. The number of hydrogen-bond acceptors (Lipinski definition) is 4. The zero-order valence-electron chi connectivity index (χ0n) is 10.8. The van der Waals surface area contributed by atoms with E-state index < -0.39 is 0 Å². The molecule has 96 valence electrons. The van der Waals surface area contributed by atoms with Crippen molar-refractivity contribution in [3.63, 3.8) is 0 Å². The average Bonchev–Trinajstić information content (AvgIpc) is 2.82. The van der Waals surface area contributed by atoms with Crippen molar-refractivity contribution in [3.05, 3.63) is 40.6 Å². The van der Waals surface area contributed by atoms with Gasteiger partial charge in [0.25, 0.3) is 0 Å². The van der Waals surface area contributed by atoms with E-state index >= 15 is 0 Å². The van der Waals surface area contributed by atoms with Crippen molar-refractivity contribution in [3.8, 4) is 0 Å². The van der Waals surface area contributed by atoms with Crippen LogP contribution in [0.15, 0.2) is 35.7 Å². The van der Waals surface area contributed by atoms with Crippen LogP contribution in [-0.2, 0) is 6.42 Å². The monoisotopic (exact) mass is 261 g/mol. The lowest BCUT2D eigenvalue weighted by Gasteiger charge is -2.14. The van der Waals surface area contributed by atoms with Crippen LogP contribution in [0.1, 0.15) is 18.7 Å². The summed E-state index contributed by atoms with van der Waals surface area (Å²) in [6.45, 7) is 5.14. The number of nitrogens with zero attached hydrogens (tertiary/aromatic N) is 1. The molecule has 0 amide bonds. The second kappa shape index (κ2) is 6.40. The second-order valence-corrected chi connectivity index (χ2v) is 5.30. The molecule has 0 radical (unpaired) electrons. The summed E-state index contributed by atoms with van der Waals surface area (Å²) < 4.78 is 0. The molecule has 0 aliphatic heterocycles. The van der Waals surface area contributed by atoms with Crippen molar-refractivity contribution in [2.24, 2.45) is 0 Å². The van der Waals surface area contributed by atoms with Gasteiger partial charge in [-0.3, -0.25) is 0 Å². The van der Waals surface area contributed by atoms with Crippen LogP contribution in [0.3, 0.4) is 0 Å². The minimum Gasteiger partial charge on any atom is -0.370 e. The molecule has 0 aliphatic rings. The van der Waals surface area contributed by atoms with Crippen molar-refractivity contribution >= 4 is 23.0 Å². The Morgan fingerprint density at radius 2 is 2.06 bits per heavy atom. The van der Waals surface area contributed by atoms with Gasteiger partial charge in [-0.25, -0.2) is 4.98 Å². The van der Waals surface area contributed by atoms with Crippen LogP contribution in [0.25, 0.3) is 0 Å². The molecular formula is C14H19N3S. The van der Waals surface area contributed by atoms with E-state index in [0.717, 1.165) is 24.6 Å². The van der Waals surface area contributed by atoms with E-state index in [-0.39, 0.29) is 0 Å². The maximum absolute atomic E-state index is 4.51. The lowest BCUT2D eigenvalue weighted by molar-refractivity contribution is 0.794. The zero-order valence-corrected chi connectivity index (χ0v) is 11.6. The van der Waals surface area contributed by atoms with Gasteiger partial charge in [0.15, 0.2) is 0 Å². The lowest BCUT2D eigenvalue weighted by atomic mass is 10.2. The largest absolute Gasteiger partial charge is 0.370 e. The molecule has 2 rings (SSSR count). The van der Waals surface area contributed by atoms with E-state index in [1.165, 1.54) is 4.88 Å². The Morgan fingerprint density at radius 3 is 2.78 bits per heavy atom. The van der Waals surface area contributed by atoms with E-state index in [9.17, 15) is 0 Å². The standard InChI is InChI=1S/C14H19N3S/c1-3-15-13-7-4-8-14(17-13)16-11(2)10-12-6-5-9-18-12/h4-9,11H,3,10H2,1-2H3,(H2,15,16,17). The number of thiophene rings is 1. The molecule has 2 aromatic rings. The summed E-state index contributed by atoms with van der Waals surface area (Å²) in [4.78, 5) is 5.91.